The highest BCUT2D eigenvalue weighted by atomic mass is 16.3. The smallest absolute Gasteiger partial charge is 0.233 e. The molecule has 0 aliphatic carbocycles. The molecule has 92 valence electrons. The number of H-pyrrole nitrogens is 1. The summed E-state index contributed by atoms with van der Waals surface area (Å²) < 4.78 is 5.71. The van der Waals surface area contributed by atoms with Gasteiger partial charge in [0.05, 0.1) is 0 Å². The fourth-order valence-corrected chi connectivity index (χ4v) is 2.32. The molecule has 0 saturated heterocycles. The van der Waals surface area contributed by atoms with Crippen LogP contribution in [0.15, 0.2) is 52.9 Å². The van der Waals surface area contributed by atoms with E-state index in [-0.39, 0.29) is 5.88 Å². The molecule has 19 heavy (non-hydrogen) atoms. The number of aromatic amines is 1. The molecule has 0 saturated carbocycles. The SMILES string of the molecule is Oc1[nH]c2ccccc2c1-c1nc2ccccc2o1. The molecule has 0 spiro atoms. The van der Waals surface area contributed by atoms with Crippen molar-refractivity contribution in [2.45, 2.75) is 0 Å². The van der Waals surface area contributed by atoms with Gasteiger partial charge in [0.15, 0.2) is 5.58 Å². The lowest BCUT2D eigenvalue weighted by Crippen LogP contribution is -1.75. The highest BCUT2D eigenvalue weighted by Gasteiger charge is 2.17. The zero-order valence-electron chi connectivity index (χ0n) is 9.92. The Morgan fingerprint density at radius 2 is 1.79 bits per heavy atom. The Kier molecular flexibility index (Phi) is 1.94. The molecule has 4 aromatic rings. The van der Waals surface area contributed by atoms with Crippen molar-refractivity contribution in [3.8, 4) is 17.3 Å². The van der Waals surface area contributed by atoms with E-state index in [2.05, 4.69) is 9.97 Å². The third-order valence-corrected chi connectivity index (χ3v) is 3.19. The van der Waals surface area contributed by atoms with Crippen LogP contribution in [0.2, 0.25) is 0 Å². The molecular weight excluding hydrogens is 240 g/mol. The average Bonchev–Trinajstić information content (AvgIpc) is 2.97. The Morgan fingerprint density at radius 1 is 1.00 bits per heavy atom. The van der Waals surface area contributed by atoms with E-state index in [9.17, 15) is 5.11 Å². The monoisotopic (exact) mass is 250 g/mol. The lowest BCUT2D eigenvalue weighted by molar-refractivity contribution is 0.457. The van der Waals surface area contributed by atoms with Gasteiger partial charge in [-0.1, -0.05) is 30.3 Å². The van der Waals surface area contributed by atoms with Gasteiger partial charge in [-0.2, -0.15) is 0 Å². The molecule has 0 unspecified atom stereocenters. The van der Waals surface area contributed by atoms with E-state index >= 15 is 0 Å². The molecule has 2 aromatic heterocycles. The zero-order valence-corrected chi connectivity index (χ0v) is 9.92. The van der Waals surface area contributed by atoms with Crippen molar-refractivity contribution in [1.82, 2.24) is 9.97 Å². The standard InChI is InChI=1S/C15H10N2O2/c18-14-13(9-5-1-2-6-10(9)16-14)15-17-11-7-3-4-8-12(11)19-15/h1-8,16,18H. The maximum absolute atomic E-state index is 10.1. The van der Waals surface area contributed by atoms with Crippen molar-refractivity contribution in [2.75, 3.05) is 0 Å². The summed E-state index contributed by atoms with van der Waals surface area (Å²) >= 11 is 0. The summed E-state index contributed by atoms with van der Waals surface area (Å²) in [5, 5.41) is 11.0. The minimum Gasteiger partial charge on any atom is -0.494 e. The van der Waals surface area contributed by atoms with Gasteiger partial charge >= 0.3 is 0 Å². The Hall–Kier alpha value is -2.75. The Morgan fingerprint density at radius 3 is 2.68 bits per heavy atom. The molecule has 4 rings (SSSR count). The lowest BCUT2D eigenvalue weighted by Gasteiger charge is -1.93. The third kappa shape index (κ3) is 1.43. The number of nitrogens with zero attached hydrogens (tertiary/aromatic N) is 1. The van der Waals surface area contributed by atoms with Crippen molar-refractivity contribution >= 4 is 22.0 Å². The summed E-state index contributed by atoms with van der Waals surface area (Å²) in [5.41, 5.74) is 2.95. The second-order valence-corrected chi connectivity index (χ2v) is 4.38. The van der Waals surface area contributed by atoms with E-state index < -0.39 is 0 Å². The second-order valence-electron chi connectivity index (χ2n) is 4.38. The molecule has 2 aromatic carbocycles. The largest absolute Gasteiger partial charge is 0.494 e. The van der Waals surface area contributed by atoms with Gasteiger partial charge in [-0.05, 0) is 18.2 Å². The van der Waals surface area contributed by atoms with Crippen molar-refractivity contribution < 1.29 is 9.52 Å². The Bertz CT molecular complexity index is 856. The zero-order chi connectivity index (χ0) is 12.8. The first-order valence-corrected chi connectivity index (χ1v) is 5.98. The predicted octanol–water partition coefficient (Wildman–Crippen LogP) is 3.68. The van der Waals surface area contributed by atoms with Gasteiger partial charge in [-0.15, -0.1) is 0 Å². The van der Waals surface area contributed by atoms with Crippen molar-refractivity contribution in [1.29, 1.82) is 0 Å². The quantitative estimate of drug-likeness (QED) is 0.541. The summed E-state index contributed by atoms with van der Waals surface area (Å²) in [7, 11) is 0. The van der Waals surface area contributed by atoms with Crippen molar-refractivity contribution in [2.24, 2.45) is 0 Å². The second kappa shape index (κ2) is 3.62. The van der Waals surface area contributed by atoms with Gasteiger partial charge in [0.1, 0.15) is 11.1 Å². The number of benzene rings is 2. The number of para-hydroxylation sites is 3. The van der Waals surface area contributed by atoms with E-state index in [0.29, 0.717) is 17.0 Å². The number of nitrogens with one attached hydrogen (secondary N) is 1. The number of rotatable bonds is 1. The molecule has 0 aliphatic rings. The van der Waals surface area contributed by atoms with E-state index in [1.165, 1.54) is 0 Å². The van der Waals surface area contributed by atoms with Crippen molar-refractivity contribution in [3.05, 3.63) is 48.5 Å². The summed E-state index contributed by atoms with van der Waals surface area (Å²) in [5.74, 6) is 0.504. The van der Waals surface area contributed by atoms with Crippen LogP contribution in [-0.4, -0.2) is 15.1 Å². The van der Waals surface area contributed by atoms with Crippen LogP contribution in [-0.2, 0) is 0 Å². The number of hydrogen-bond donors (Lipinski definition) is 2. The van der Waals surface area contributed by atoms with Crippen molar-refractivity contribution in [3.63, 3.8) is 0 Å². The molecule has 0 amide bonds. The van der Waals surface area contributed by atoms with Crippen LogP contribution < -0.4 is 0 Å². The minimum atomic E-state index is 0.0766. The number of fused-ring (bicyclic) bond motifs is 2. The number of aromatic nitrogens is 2. The molecule has 4 heteroatoms. The molecule has 0 fully saturated rings. The predicted molar refractivity (Wildman–Crippen MR) is 73.0 cm³/mol. The van der Waals surface area contributed by atoms with Gasteiger partial charge in [-0.25, -0.2) is 4.98 Å². The first-order chi connectivity index (χ1) is 9.33. The summed E-state index contributed by atoms with van der Waals surface area (Å²) in [4.78, 5) is 7.34. The van der Waals surface area contributed by atoms with Gasteiger partial charge in [0.2, 0.25) is 11.8 Å². The van der Waals surface area contributed by atoms with Crippen LogP contribution in [0.5, 0.6) is 5.88 Å². The fraction of sp³-hybridized carbons (Fsp3) is 0. The minimum absolute atomic E-state index is 0.0766. The fourth-order valence-electron chi connectivity index (χ4n) is 2.32. The van der Waals surface area contributed by atoms with Gasteiger partial charge < -0.3 is 14.5 Å². The molecular formula is C15H10N2O2. The van der Waals surface area contributed by atoms with Crippen LogP contribution in [0.25, 0.3) is 33.5 Å². The van der Waals surface area contributed by atoms with Crippen LogP contribution in [0, 0.1) is 0 Å². The summed E-state index contributed by atoms with van der Waals surface area (Å²) in [6.45, 7) is 0. The highest BCUT2D eigenvalue weighted by Crippen LogP contribution is 2.37. The Balaban J connectivity index is 2.06. The molecule has 0 bridgehead atoms. The highest BCUT2D eigenvalue weighted by molar-refractivity contribution is 5.97. The number of hydrogen-bond acceptors (Lipinski definition) is 3. The summed E-state index contributed by atoms with van der Waals surface area (Å²) in [6, 6.07) is 15.2. The first kappa shape index (κ1) is 10.2. The van der Waals surface area contributed by atoms with Crippen LogP contribution in [0.3, 0.4) is 0 Å². The Labute approximate surface area is 108 Å². The lowest BCUT2D eigenvalue weighted by atomic mass is 10.2. The number of aromatic hydroxyl groups is 1. The molecule has 0 radical (unpaired) electrons. The van der Waals surface area contributed by atoms with E-state index in [0.717, 1.165) is 16.4 Å². The number of oxazole rings is 1. The molecule has 2 N–H and O–H groups in total. The maximum Gasteiger partial charge on any atom is 0.233 e. The molecule has 0 aliphatic heterocycles. The van der Waals surface area contributed by atoms with Gasteiger partial charge in [0, 0.05) is 10.9 Å². The summed E-state index contributed by atoms with van der Waals surface area (Å²) in [6.07, 6.45) is 0. The topological polar surface area (TPSA) is 62.0 Å². The molecule has 0 atom stereocenters. The third-order valence-electron chi connectivity index (χ3n) is 3.19. The van der Waals surface area contributed by atoms with Crippen LogP contribution >= 0.6 is 0 Å². The first-order valence-electron chi connectivity index (χ1n) is 5.98. The van der Waals surface area contributed by atoms with E-state index in [1.54, 1.807) is 0 Å². The van der Waals surface area contributed by atoms with Crippen LogP contribution in [0.4, 0.5) is 0 Å². The normalized spacial score (nSPS) is 11.4. The molecule has 2 heterocycles. The van der Waals surface area contributed by atoms with Gasteiger partial charge in [0.25, 0.3) is 0 Å². The van der Waals surface area contributed by atoms with E-state index in [1.807, 2.05) is 48.5 Å². The van der Waals surface area contributed by atoms with Crippen LogP contribution in [0.1, 0.15) is 0 Å². The van der Waals surface area contributed by atoms with E-state index in [4.69, 9.17) is 4.42 Å². The average molecular weight is 250 g/mol. The molecule has 4 nitrogen and oxygen atoms in total. The maximum atomic E-state index is 10.1. The van der Waals surface area contributed by atoms with Gasteiger partial charge in [-0.3, -0.25) is 0 Å².